The maximum atomic E-state index is 11.9. The predicted molar refractivity (Wildman–Crippen MR) is 78.4 cm³/mol. The molecule has 1 aliphatic heterocycles. The Hall–Kier alpha value is -1.79. The topological polar surface area (TPSA) is 82.8 Å². The molecule has 1 aliphatic rings. The zero-order valence-electron chi connectivity index (χ0n) is 12.3. The van der Waals surface area contributed by atoms with Gasteiger partial charge in [0.25, 0.3) is 5.91 Å². The molecule has 1 aromatic carbocycles. The monoisotopic (exact) mass is 294 g/mol. The highest BCUT2D eigenvalue weighted by molar-refractivity contribution is 5.78. The molecule has 21 heavy (non-hydrogen) atoms. The normalized spacial score (nSPS) is 15.5. The van der Waals surface area contributed by atoms with Gasteiger partial charge in [-0.1, -0.05) is 6.07 Å². The van der Waals surface area contributed by atoms with E-state index in [1.54, 1.807) is 19.2 Å². The molecule has 0 unspecified atom stereocenters. The minimum absolute atomic E-state index is 0.0399. The number of amides is 1. The van der Waals surface area contributed by atoms with E-state index in [1.165, 1.54) is 0 Å². The Balaban J connectivity index is 1.87. The summed E-state index contributed by atoms with van der Waals surface area (Å²) in [7, 11) is 1.56. The van der Waals surface area contributed by atoms with Gasteiger partial charge in [0.15, 0.2) is 18.1 Å². The van der Waals surface area contributed by atoms with Crippen LogP contribution in [0.25, 0.3) is 0 Å². The first-order valence-corrected chi connectivity index (χ1v) is 7.10. The molecule has 0 aromatic heterocycles. The van der Waals surface area contributed by atoms with E-state index < -0.39 is 0 Å². The Morgan fingerprint density at radius 1 is 1.38 bits per heavy atom. The van der Waals surface area contributed by atoms with Crippen molar-refractivity contribution in [1.29, 1.82) is 0 Å². The Labute approximate surface area is 124 Å². The number of benzene rings is 1. The van der Waals surface area contributed by atoms with Gasteiger partial charge in [-0.2, -0.15) is 0 Å². The lowest BCUT2D eigenvalue weighted by Crippen LogP contribution is -2.41. The average Bonchev–Trinajstić information content (AvgIpc) is 2.53. The van der Waals surface area contributed by atoms with Crippen LogP contribution in [0.1, 0.15) is 18.4 Å². The molecule has 1 heterocycles. The van der Waals surface area contributed by atoms with Crippen molar-refractivity contribution in [1.82, 2.24) is 5.32 Å². The lowest BCUT2D eigenvalue weighted by atomic mass is 10.1. The van der Waals surface area contributed by atoms with Crippen LogP contribution in [0.5, 0.6) is 11.5 Å². The molecule has 2 rings (SSSR count). The third-order valence-electron chi connectivity index (χ3n) is 3.41. The minimum Gasteiger partial charge on any atom is -0.493 e. The van der Waals surface area contributed by atoms with E-state index in [0.29, 0.717) is 31.3 Å². The van der Waals surface area contributed by atoms with Gasteiger partial charge in [0.05, 0.1) is 7.11 Å². The Kier molecular flexibility index (Phi) is 5.83. The van der Waals surface area contributed by atoms with E-state index in [2.05, 4.69) is 5.32 Å². The van der Waals surface area contributed by atoms with Crippen LogP contribution in [0.2, 0.25) is 0 Å². The lowest BCUT2D eigenvalue weighted by molar-refractivity contribution is -0.124. The van der Waals surface area contributed by atoms with Gasteiger partial charge in [0.1, 0.15) is 0 Å². The standard InChI is InChI=1S/C15H22N2O4/c1-19-13-3-2-11(9-16)8-14(13)21-10-15(18)17-12-4-6-20-7-5-12/h2-3,8,12H,4-7,9-10,16H2,1H3,(H,17,18). The molecule has 0 spiro atoms. The molecular weight excluding hydrogens is 272 g/mol. The maximum Gasteiger partial charge on any atom is 0.258 e. The van der Waals surface area contributed by atoms with Crippen LogP contribution in [-0.2, 0) is 16.1 Å². The molecule has 1 saturated heterocycles. The quantitative estimate of drug-likeness (QED) is 0.812. The van der Waals surface area contributed by atoms with Crippen LogP contribution in [0, 0.1) is 0 Å². The molecule has 6 heteroatoms. The Morgan fingerprint density at radius 2 is 2.14 bits per heavy atom. The molecule has 0 saturated carbocycles. The molecule has 1 amide bonds. The fraction of sp³-hybridized carbons (Fsp3) is 0.533. The second kappa shape index (κ2) is 7.85. The lowest BCUT2D eigenvalue weighted by Gasteiger charge is -2.23. The molecule has 6 nitrogen and oxygen atoms in total. The number of carbonyl (C=O) groups excluding carboxylic acids is 1. The van der Waals surface area contributed by atoms with E-state index in [4.69, 9.17) is 19.9 Å². The Bertz CT molecular complexity index is 473. The third-order valence-corrected chi connectivity index (χ3v) is 3.41. The zero-order chi connectivity index (χ0) is 15.1. The van der Waals surface area contributed by atoms with Crippen LogP contribution >= 0.6 is 0 Å². The summed E-state index contributed by atoms with van der Waals surface area (Å²) in [4.78, 5) is 11.9. The second-order valence-corrected chi connectivity index (χ2v) is 4.93. The SMILES string of the molecule is COc1ccc(CN)cc1OCC(=O)NC1CCOCC1. The van der Waals surface area contributed by atoms with Gasteiger partial charge >= 0.3 is 0 Å². The molecule has 0 radical (unpaired) electrons. The van der Waals surface area contributed by atoms with E-state index in [9.17, 15) is 4.79 Å². The highest BCUT2D eigenvalue weighted by atomic mass is 16.5. The van der Waals surface area contributed by atoms with Gasteiger partial charge in [-0.05, 0) is 30.5 Å². The van der Waals surface area contributed by atoms with E-state index in [0.717, 1.165) is 18.4 Å². The molecule has 1 fully saturated rings. The van der Waals surface area contributed by atoms with Crippen molar-refractivity contribution in [2.24, 2.45) is 5.73 Å². The molecule has 3 N–H and O–H groups in total. The van der Waals surface area contributed by atoms with Crippen LogP contribution in [0.3, 0.4) is 0 Å². The summed E-state index contributed by atoms with van der Waals surface area (Å²) in [6.07, 6.45) is 1.69. The van der Waals surface area contributed by atoms with Crippen molar-refractivity contribution < 1.29 is 19.0 Å². The number of hydrogen-bond donors (Lipinski definition) is 2. The minimum atomic E-state index is -0.137. The van der Waals surface area contributed by atoms with Crippen molar-refractivity contribution in [3.63, 3.8) is 0 Å². The molecule has 1 aromatic rings. The summed E-state index contributed by atoms with van der Waals surface area (Å²) in [5, 5.41) is 2.95. The summed E-state index contributed by atoms with van der Waals surface area (Å²) >= 11 is 0. The Morgan fingerprint density at radius 3 is 2.81 bits per heavy atom. The second-order valence-electron chi connectivity index (χ2n) is 4.93. The van der Waals surface area contributed by atoms with Gasteiger partial charge in [0, 0.05) is 25.8 Å². The van der Waals surface area contributed by atoms with E-state index in [1.807, 2.05) is 6.07 Å². The number of rotatable bonds is 6. The van der Waals surface area contributed by atoms with Crippen molar-refractivity contribution in [3.05, 3.63) is 23.8 Å². The van der Waals surface area contributed by atoms with Crippen molar-refractivity contribution in [3.8, 4) is 11.5 Å². The fourth-order valence-corrected chi connectivity index (χ4v) is 2.22. The molecule has 0 bridgehead atoms. The van der Waals surface area contributed by atoms with Gasteiger partial charge < -0.3 is 25.3 Å². The molecule has 116 valence electrons. The third kappa shape index (κ3) is 4.61. The summed E-state index contributed by atoms with van der Waals surface area (Å²) in [6, 6.07) is 5.62. The summed E-state index contributed by atoms with van der Waals surface area (Å²) < 4.78 is 16.0. The summed E-state index contributed by atoms with van der Waals surface area (Å²) in [6.45, 7) is 1.76. The first-order chi connectivity index (χ1) is 10.2. The van der Waals surface area contributed by atoms with E-state index in [-0.39, 0.29) is 18.6 Å². The van der Waals surface area contributed by atoms with E-state index >= 15 is 0 Å². The molecular formula is C15H22N2O4. The van der Waals surface area contributed by atoms with Gasteiger partial charge in [-0.15, -0.1) is 0 Å². The molecule has 0 aliphatic carbocycles. The first-order valence-electron chi connectivity index (χ1n) is 7.10. The average molecular weight is 294 g/mol. The summed E-state index contributed by atoms with van der Waals surface area (Å²) in [5.41, 5.74) is 6.53. The number of methoxy groups -OCH3 is 1. The van der Waals surface area contributed by atoms with Crippen LogP contribution in [-0.4, -0.2) is 38.9 Å². The fourth-order valence-electron chi connectivity index (χ4n) is 2.22. The van der Waals surface area contributed by atoms with Gasteiger partial charge in [-0.25, -0.2) is 0 Å². The van der Waals surface area contributed by atoms with Crippen LogP contribution < -0.4 is 20.5 Å². The number of nitrogens with one attached hydrogen (secondary N) is 1. The van der Waals surface area contributed by atoms with Crippen molar-refractivity contribution >= 4 is 5.91 Å². The van der Waals surface area contributed by atoms with Crippen molar-refractivity contribution in [2.45, 2.75) is 25.4 Å². The maximum absolute atomic E-state index is 11.9. The number of ether oxygens (including phenoxy) is 3. The van der Waals surface area contributed by atoms with Crippen LogP contribution in [0.15, 0.2) is 18.2 Å². The van der Waals surface area contributed by atoms with Gasteiger partial charge in [-0.3, -0.25) is 4.79 Å². The van der Waals surface area contributed by atoms with Crippen molar-refractivity contribution in [2.75, 3.05) is 26.9 Å². The largest absolute Gasteiger partial charge is 0.493 e. The smallest absolute Gasteiger partial charge is 0.258 e. The zero-order valence-corrected chi connectivity index (χ0v) is 12.3. The molecule has 0 atom stereocenters. The first kappa shape index (κ1) is 15.6. The van der Waals surface area contributed by atoms with Gasteiger partial charge in [0.2, 0.25) is 0 Å². The number of hydrogen-bond acceptors (Lipinski definition) is 5. The van der Waals surface area contributed by atoms with Crippen LogP contribution in [0.4, 0.5) is 0 Å². The summed E-state index contributed by atoms with van der Waals surface area (Å²) in [5.74, 6) is 0.982. The highest BCUT2D eigenvalue weighted by Crippen LogP contribution is 2.27. The number of carbonyl (C=O) groups is 1. The number of nitrogens with two attached hydrogens (primary N) is 1. The predicted octanol–water partition coefficient (Wildman–Crippen LogP) is 0.828. The highest BCUT2D eigenvalue weighted by Gasteiger charge is 2.16.